The van der Waals surface area contributed by atoms with Crippen LogP contribution in [0.3, 0.4) is 0 Å². The molecule has 3 aromatic rings. The Bertz CT molecular complexity index is 990. The molecule has 0 saturated heterocycles. The molecule has 1 N–H and O–H groups in total. The van der Waals surface area contributed by atoms with Gasteiger partial charge in [0.2, 0.25) is 5.43 Å². The molecular weight excluding hydrogens is 328 g/mol. The number of carbonyl (C=O) groups excluding carboxylic acids is 1. The number of esters is 1. The Morgan fingerprint density at radius 3 is 2.54 bits per heavy atom. The van der Waals surface area contributed by atoms with Crippen LogP contribution in [0.2, 0.25) is 0 Å². The minimum absolute atomic E-state index is 0.330. The summed E-state index contributed by atoms with van der Waals surface area (Å²) in [6.07, 6.45) is 0. The van der Waals surface area contributed by atoms with Gasteiger partial charge in [0.05, 0.1) is 14.2 Å². The number of hydrogen-bond donors (Lipinski definition) is 1. The largest absolute Gasteiger partial charge is 0.499 e. The normalized spacial score (nSPS) is 10.6. The molecule has 1 heterocycles. The molecule has 0 radical (unpaired) electrons. The quantitative estimate of drug-likeness (QED) is 0.738. The summed E-state index contributed by atoms with van der Waals surface area (Å²) in [7, 11) is 2.76. The van der Waals surface area contributed by atoms with Crippen LogP contribution in [-0.2, 0) is 4.74 Å². The van der Waals surface area contributed by atoms with Crippen LogP contribution in [-0.4, -0.2) is 25.3 Å². The molecule has 0 saturated carbocycles. The monoisotopic (exact) mass is 342 g/mol. The van der Waals surface area contributed by atoms with E-state index in [9.17, 15) is 14.7 Å². The third-order valence-corrected chi connectivity index (χ3v) is 4.62. The van der Waals surface area contributed by atoms with Crippen molar-refractivity contribution in [1.82, 2.24) is 0 Å². The summed E-state index contributed by atoms with van der Waals surface area (Å²) in [5.41, 5.74) is 0.934. The maximum Gasteiger partial charge on any atom is 0.346 e. The zero-order valence-corrected chi connectivity index (χ0v) is 13.8. The number of ether oxygens (including phenoxy) is 2. The fourth-order valence-corrected chi connectivity index (χ4v) is 3.39. The van der Waals surface area contributed by atoms with Gasteiger partial charge in [0.15, 0.2) is 10.6 Å². The first-order valence-corrected chi connectivity index (χ1v) is 7.89. The van der Waals surface area contributed by atoms with Crippen molar-refractivity contribution in [2.45, 2.75) is 0 Å². The van der Waals surface area contributed by atoms with Gasteiger partial charge in [0.1, 0.15) is 5.75 Å². The van der Waals surface area contributed by atoms with Gasteiger partial charge in [-0.15, -0.1) is 0 Å². The van der Waals surface area contributed by atoms with Crippen LogP contribution in [0.1, 0.15) is 10.4 Å². The minimum Gasteiger partial charge on any atom is -0.499 e. The second kappa shape index (κ2) is 6.33. The van der Waals surface area contributed by atoms with E-state index in [1.54, 1.807) is 25.3 Å². The van der Waals surface area contributed by atoms with Crippen molar-refractivity contribution in [3.8, 4) is 21.9 Å². The predicted octanol–water partition coefficient (Wildman–Crippen LogP) is 3.43. The molecule has 0 aliphatic heterocycles. The highest BCUT2D eigenvalue weighted by Crippen LogP contribution is 2.32. The molecule has 0 bridgehead atoms. The molecule has 3 rings (SSSR count). The van der Waals surface area contributed by atoms with Gasteiger partial charge in [-0.1, -0.05) is 29.5 Å². The van der Waals surface area contributed by atoms with E-state index in [4.69, 9.17) is 4.74 Å². The Morgan fingerprint density at radius 2 is 1.83 bits per heavy atom. The molecule has 0 atom stereocenters. The van der Waals surface area contributed by atoms with Gasteiger partial charge in [0.25, 0.3) is 0 Å². The van der Waals surface area contributed by atoms with Gasteiger partial charge in [-0.05, 0) is 35.4 Å². The number of fused-ring (bicyclic) bond motifs is 1. The van der Waals surface area contributed by atoms with Crippen molar-refractivity contribution < 1.29 is 19.4 Å². The van der Waals surface area contributed by atoms with Crippen molar-refractivity contribution >= 4 is 27.4 Å². The van der Waals surface area contributed by atoms with Crippen molar-refractivity contribution in [3.05, 3.63) is 58.3 Å². The second-order valence-corrected chi connectivity index (χ2v) is 6.08. The molecule has 6 heteroatoms. The summed E-state index contributed by atoms with van der Waals surface area (Å²) in [6, 6.07) is 12.8. The molecule has 5 nitrogen and oxygen atoms in total. The van der Waals surface area contributed by atoms with E-state index in [-0.39, 0.29) is 10.6 Å². The third-order valence-electron chi connectivity index (χ3n) is 3.67. The molecular formula is C18H14O5S. The van der Waals surface area contributed by atoms with Crippen LogP contribution in [0.15, 0.2) is 47.3 Å². The second-order valence-electron chi connectivity index (χ2n) is 5.05. The summed E-state index contributed by atoms with van der Waals surface area (Å²) in [4.78, 5) is 24.1. The standard InChI is InChI=1S/C18H14O5S/c1-22-12-5-3-4-10(8-12)11-6-7-13-14(9-11)24-18(21)15(16(13)19)17(20)23-2/h3-9,21H,1-2H3. The van der Waals surface area contributed by atoms with Crippen LogP contribution in [0.4, 0.5) is 0 Å². The Morgan fingerprint density at radius 1 is 1.08 bits per heavy atom. The Kier molecular flexibility index (Phi) is 4.22. The fourth-order valence-electron chi connectivity index (χ4n) is 2.45. The lowest BCUT2D eigenvalue weighted by molar-refractivity contribution is 0.0597. The van der Waals surface area contributed by atoms with E-state index in [2.05, 4.69) is 4.74 Å². The van der Waals surface area contributed by atoms with E-state index >= 15 is 0 Å². The molecule has 0 aliphatic rings. The average molecular weight is 342 g/mol. The van der Waals surface area contributed by atoms with E-state index in [1.165, 1.54) is 7.11 Å². The van der Waals surface area contributed by atoms with Gasteiger partial charge >= 0.3 is 5.97 Å². The Labute approximate surface area is 141 Å². The summed E-state index contributed by atoms with van der Waals surface area (Å²) < 4.78 is 10.4. The van der Waals surface area contributed by atoms with E-state index in [1.807, 2.05) is 24.3 Å². The number of hydrogen-bond acceptors (Lipinski definition) is 6. The molecule has 24 heavy (non-hydrogen) atoms. The van der Waals surface area contributed by atoms with Crippen LogP contribution < -0.4 is 10.2 Å². The molecule has 0 unspecified atom stereocenters. The zero-order valence-electron chi connectivity index (χ0n) is 13.0. The highest BCUT2D eigenvalue weighted by atomic mass is 32.1. The van der Waals surface area contributed by atoms with Crippen LogP contribution >= 0.6 is 11.3 Å². The van der Waals surface area contributed by atoms with Crippen molar-refractivity contribution in [2.75, 3.05) is 14.2 Å². The summed E-state index contributed by atoms with van der Waals surface area (Å²) in [5, 5.41) is 10.1. The molecule has 0 fully saturated rings. The first-order valence-electron chi connectivity index (χ1n) is 7.07. The Balaban J connectivity index is 2.19. The fraction of sp³-hybridized carbons (Fsp3) is 0.111. The number of methoxy groups -OCH3 is 2. The molecule has 0 amide bonds. The SMILES string of the molecule is COC(=O)c1c(O)sc2cc(-c3cccc(OC)c3)ccc2c1=O. The first-order chi connectivity index (χ1) is 11.5. The lowest BCUT2D eigenvalue weighted by Crippen LogP contribution is -2.15. The highest BCUT2D eigenvalue weighted by Gasteiger charge is 2.20. The third kappa shape index (κ3) is 2.72. The zero-order chi connectivity index (χ0) is 17.3. The lowest BCUT2D eigenvalue weighted by atomic mass is 10.0. The van der Waals surface area contributed by atoms with Crippen molar-refractivity contribution in [2.24, 2.45) is 0 Å². The van der Waals surface area contributed by atoms with Gasteiger partial charge < -0.3 is 14.6 Å². The van der Waals surface area contributed by atoms with Crippen LogP contribution in [0.5, 0.6) is 10.8 Å². The van der Waals surface area contributed by atoms with Crippen molar-refractivity contribution in [1.29, 1.82) is 0 Å². The molecule has 0 aliphatic carbocycles. The number of aromatic hydroxyl groups is 1. The summed E-state index contributed by atoms with van der Waals surface area (Å²) >= 11 is 0.968. The summed E-state index contributed by atoms with van der Waals surface area (Å²) in [5.74, 6) is -0.114. The minimum atomic E-state index is -0.840. The van der Waals surface area contributed by atoms with Crippen molar-refractivity contribution in [3.63, 3.8) is 0 Å². The van der Waals surface area contributed by atoms with Crippen LogP contribution in [0.25, 0.3) is 21.2 Å². The molecule has 122 valence electrons. The van der Waals surface area contributed by atoms with Gasteiger partial charge in [-0.25, -0.2) is 4.79 Å². The number of rotatable bonds is 3. The molecule has 2 aromatic carbocycles. The predicted molar refractivity (Wildman–Crippen MR) is 93.1 cm³/mol. The van der Waals surface area contributed by atoms with Crippen LogP contribution in [0, 0.1) is 0 Å². The molecule has 1 aromatic heterocycles. The van der Waals surface area contributed by atoms with E-state index in [0.29, 0.717) is 10.1 Å². The number of benzene rings is 2. The maximum absolute atomic E-state index is 12.4. The Hall–Kier alpha value is -2.86. The topological polar surface area (TPSA) is 72.8 Å². The van der Waals surface area contributed by atoms with E-state index in [0.717, 1.165) is 28.2 Å². The average Bonchev–Trinajstić information content (AvgIpc) is 2.61. The first kappa shape index (κ1) is 16.0. The van der Waals surface area contributed by atoms with Gasteiger partial charge in [-0.2, -0.15) is 0 Å². The van der Waals surface area contributed by atoms with Gasteiger partial charge in [0, 0.05) is 10.1 Å². The van der Waals surface area contributed by atoms with E-state index < -0.39 is 11.4 Å². The molecule has 0 spiro atoms. The number of carbonyl (C=O) groups is 1. The smallest absolute Gasteiger partial charge is 0.346 e. The lowest BCUT2D eigenvalue weighted by Gasteiger charge is -2.07. The van der Waals surface area contributed by atoms with Gasteiger partial charge in [-0.3, -0.25) is 4.79 Å². The summed E-state index contributed by atoms with van der Waals surface area (Å²) in [6.45, 7) is 0. The maximum atomic E-state index is 12.4. The highest BCUT2D eigenvalue weighted by molar-refractivity contribution is 7.20.